The average Bonchev–Trinajstić information content (AvgIpc) is 2.48. The van der Waals surface area contributed by atoms with Crippen LogP contribution >= 0.6 is 7.94 Å². The van der Waals surface area contributed by atoms with Gasteiger partial charge in [0.15, 0.2) is 6.10 Å². The van der Waals surface area contributed by atoms with Gasteiger partial charge in [-0.3, -0.25) is 0 Å². The highest BCUT2D eigenvalue weighted by molar-refractivity contribution is 7.76. The van der Waals surface area contributed by atoms with Crippen LogP contribution in [0.1, 0.15) is 0 Å². The number of anilines is 1. The van der Waals surface area contributed by atoms with E-state index in [1.165, 1.54) is 24.3 Å². The average molecular weight is 350 g/mol. The first-order valence-electron chi connectivity index (χ1n) is 6.45. The van der Waals surface area contributed by atoms with E-state index in [4.69, 9.17) is 29.9 Å². The number of hydrogen-bond acceptors (Lipinski definition) is 10. The lowest BCUT2D eigenvalue weighted by Gasteiger charge is -2.38. The van der Waals surface area contributed by atoms with E-state index in [-0.39, 0.29) is 5.75 Å². The SMILES string of the molecule is Nc1ccc(O[C@H]2O[C@H](C(=O)[P+](O)(O)O)[C@H](O)[C@H](O)[C@H]2O)cc1. The molecule has 128 valence electrons. The lowest BCUT2D eigenvalue weighted by molar-refractivity contribution is -0.264. The largest absolute Gasteiger partial charge is 0.481 e. The Morgan fingerprint density at radius 2 is 1.61 bits per heavy atom. The molecule has 1 fully saturated rings. The van der Waals surface area contributed by atoms with E-state index in [2.05, 4.69) is 0 Å². The molecule has 0 unspecified atom stereocenters. The summed E-state index contributed by atoms with van der Waals surface area (Å²) in [6.07, 6.45) is -9.16. The van der Waals surface area contributed by atoms with Gasteiger partial charge in [0, 0.05) is 5.69 Å². The van der Waals surface area contributed by atoms with E-state index in [1.54, 1.807) is 0 Å². The fraction of sp³-hybridized carbons (Fsp3) is 0.417. The van der Waals surface area contributed by atoms with E-state index in [9.17, 15) is 20.1 Å². The minimum Gasteiger partial charge on any atom is -0.462 e. The number of hydrogen-bond donors (Lipinski definition) is 7. The Morgan fingerprint density at radius 3 is 2.13 bits per heavy atom. The molecule has 10 nitrogen and oxygen atoms in total. The van der Waals surface area contributed by atoms with Crippen LogP contribution in [0.4, 0.5) is 5.69 Å². The van der Waals surface area contributed by atoms with Crippen LogP contribution in [0.5, 0.6) is 5.75 Å². The number of rotatable bonds is 4. The summed E-state index contributed by atoms with van der Waals surface area (Å²) in [6.45, 7) is 0. The van der Waals surface area contributed by atoms with Crippen LogP contribution in [0, 0.1) is 0 Å². The fourth-order valence-corrected chi connectivity index (χ4v) is 2.56. The summed E-state index contributed by atoms with van der Waals surface area (Å²) in [6, 6.07) is 5.84. The van der Waals surface area contributed by atoms with E-state index >= 15 is 0 Å². The van der Waals surface area contributed by atoms with Gasteiger partial charge in [0.1, 0.15) is 24.1 Å². The summed E-state index contributed by atoms with van der Waals surface area (Å²) >= 11 is 0. The van der Waals surface area contributed by atoms with Crippen LogP contribution < -0.4 is 10.5 Å². The molecule has 0 bridgehead atoms. The number of carbonyl (C=O) groups is 1. The molecule has 11 heteroatoms. The summed E-state index contributed by atoms with van der Waals surface area (Å²) in [4.78, 5) is 38.7. The molecule has 1 aliphatic rings. The van der Waals surface area contributed by atoms with Crippen LogP contribution in [0.25, 0.3) is 0 Å². The standard InChI is InChI=1S/C12H17NO9P/c13-5-1-3-6(4-2-5)21-12-9(16)7(14)8(15)10(22-12)11(17)23(18,19)20/h1-4,7-10,12,14-16,18-20H,13H2/q+1/t7-,8+,9+,10-,12-/m0/s1. The van der Waals surface area contributed by atoms with Crippen molar-refractivity contribution in [3.05, 3.63) is 24.3 Å². The van der Waals surface area contributed by atoms with Crippen molar-refractivity contribution in [1.29, 1.82) is 0 Å². The number of benzene rings is 1. The number of ether oxygens (including phenoxy) is 2. The van der Waals surface area contributed by atoms with Crippen LogP contribution in [-0.2, 0) is 9.53 Å². The third-order valence-corrected chi connectivity index (χ3v) is 4.09. The maximum atomic E-state index is 11.7. The van der Waals surface area contributed by atoms with Crippen molar-refractivity contribution < 1.29 is 44.3 Å². The Bertz CT molecular complexity index is 561. The van der Waals surface area contributed by atoms with Crippen molar-refractivity contribution in [1.82, 2.24) is 0 Å². The molecule has 2 rings (SSSR count). The second-order valence-corrected chi connectivity index (χ2v) is 6.57. The molecule has 23 heavy (non-hydrogen) atoms. The first kappa shape index (κ1) is 18.0. The van der Waals surface area contributed by atoms with Crippen molar-refractivity contribution in [3.8, 4) is 5.75 Å². The van der Waals surface area contributed by atoms with Gasteiger partial charge in [-0.05, 0) is 24.3 Å². The molecule has 1 saturated heterocycles. The van der Waals surface area contributed by atoms with Crippen molar-refractivity contribution >= 4 is 19.2 Å². The summed E-state index contributed by atoms with van der Waals surface area (Å²) in [7, 11) is -4.96. The van der Waals surface area contributed by atoms with Gasteiger partial charge >= 0.3 is 13.5 Å². The molecule has 8 N–H and O–H groups in total. The summed E-state index contributed by atoms with van der Waals surface area (Å²) in [5, 5.41) is 29.3. The van der Waals surface area contributed by atoms with E-state index in [0.717, 1.165) is 0 Å². The van der Waals surface area contributed by atoms with Crippen molar-refractivity contribution in [2.75, 3.05) is 5.73 Å². The van der Waals surface area contributed by atoms with Gasteiger partial charge in [0.2, 0.25) is 6.29 Å². The molecule has 1 aromatic rings. The van der Waals surface area contributed by atoms with Gasteiger partial charge in [-0.15, -0.1) is 0 Å². The Kier molecular flexibility index (Phi) is 5.19. The van der Waals surface area contributed by atoms with E-state index in [0.29, 0.717) is 5.69 Å². The lowest BCUT2D eigenvalue weighted by Crippen LogP contribution is -2.61. The third-order valence-electron chi connectivity index (χ3n) is 3.24. The van der Waals surface area contributed by atoms with Gasteiger partial charge in [0.25, 0.3) is 0 Å². The monoisotopic (exact) mass is 350 g/mol. The zero-order valence-corrected chi connectivity index (χ0v) is 12.5. The predicted octanol–water partition coefficient (Wildman–Crippen LogP) is -2.28. The predicted molar refractivity (Wildman–Crippen MR) is 76.7 cm³/mol. The highest BCUT2D eigenvalue weighted by atomic mass is 31.2. The van der Waals surface area contributed by atoms with Gasteiger partial charge in [-0.1, -0.05) is 0 Å². The Balaban J connectivity index is 2.19. The Hall–Kier alpha value is -1.36. The molecule has 1 aromatic carbocycles. The minimum absolute atomic E-state index is 0.177. The number of aliphatic hydroxyl groups is 3. The molecule has 0 saturated carbocycles. The van der Waals surface area contributed by atoms with Crippen molar-refractivity contribution in [2.45, 2.75) is 30.7 Å². The molecule has 0 amide bonds. The third kappa shape index (κ3) is 3.94. The zero-order chi connectivity index (χ0) is 17.4. The molecular formula is C12H17NO9P+. The second-order valence-electron chi connectivity index (χ2n) is 4.99. The smallest absolute Gasteiger partial charge is 0.462 e. The van der Waals surface area contributed by atoms with Crippen LogP contribution in [0.15, 0.2) is 24.3 Å². The van der Waals surface area contributed by atoms with Crippen molar-refractivity contribution in [3.63, 3.8) is 0 Å². The van der Waals surface area contributed by atoms with Crippen LogP contribution in [0.2, 0.25) is 0 Å². The molecule has 1 heterocycles. The molecule has 5 atom stereocenters. The Morgan fingerprint density at radius 1 is 1.04 bits per heavy atom. The maximum Gasteiger partial charge on any atom is 0.481 e. The quantitative estimate of drug-likeness (QED) is 0.231. The number of nitrogen functional groups attached to an aromatic ring is 1. The van der Waals surface area contributed by atoms with Gasteiger partial charge in [-0.2, -0.15) is 14.7 Å². The normalized spacial score (nSPS) is 31.7. The molecule has 0 radical (unpaired) electrons. The summed E-state index contributed by atoms with van der Waals surface area (Å²) in [5.74, 6) is 0.177. The Labute approximate surface area is 130 Å². The van der Waals surface area contributed by atoms with Crippen LogP contribution in [0.3, 0.4) is 0 Å². The first-order chi connectivity index (χ1) is 10.6. The van der Waals surface area contributed by atoms with Gasteiger partial charge in [-0.25, -0.2) is 4.79 Å². The summed E-state index contributed by atoms with van der Waals surface area (Å²) < 4.78 is 10.2. The highest BCUT2D eigenvalue weighted by Crippen LogP contribution is 2.48. The molecule has 0 aliphatic carbocycles. The number of carbonyl (C=O) groups excluding carboxylic acids is 1. The molecule has 1 aliphatic heterocycles. The highest BCUT2D eigenvalue weighted by Gasteiger charge is 2.57. The zero-order valence-electron chi connectivity index (χ0n) is 11.6. The van der Waals surface area contributed by atoms with E-state index < -0.39 is 44.2 Å². The molecular weight excluding hydrogens is 333 g/mol. The van der Waals surface area contributed by atoms with Crippen molar-refractivity contribution in [2.24, 2.45) is 0 Å². The van der Waals surface area contributed by atoms with Crippen LogP contribution in [-0.4, -0.2) is 66.2 Å². The summed E-state index contributed by atoms with van der Waals surface area (Å²) in [5.41, 5.74) is 4.34. The first-order valence-corrected chi connectivity index (χ1v) is 8.09. The minimum atomic E-state index is -4.96. The number of nitrogens with two attached hydrogens (primary N) is 1. The van der Waals surface area contributed by atoms with Gasteiger partial charge < -0.3 is 30.5 Å². The molecule has 0 spiro atoms. The second kappa shape index (κ2) is 6.63. The molecule has 0 aromatic heterocycles. The number of aliphatic hydroxyl groups excluding tert-OH is 3. The lowest BCUT2D eigenvalue weighted by atomic mass is 9.99. The van der Waals surface area contributed by atoms with E-state index in [1.807, 2.05) is 0 Å². The topological polar surface area (TPSA) is 183 Å². The van der Waals surface area contributed by atoms with Gasteiger partial charge in [0.05, 0.1) is 0 Å². The maximum absolute atomic E-state index is 11.7. The fourth-order valence-electron chi connectivity index (χ4n) is 2.00.